The Hall–Kier alpha value is -3.19. The predicted octanol–water partition coefficient (Wildman–Crippen LogP) is 5.65. The van der Waals surface area contributed by atoms with Crippen molar-refractivity contribution in [2.24, 2.45) is 0 Å². The molecule has 3 aromatic rings. The normalized spacial score (nSPS) is 23.6. The number of carbonyl (C=O) groups is 1. The first kappa shape index (κ1) is 22.3. The van der Waals surface area contributed by atoms with Crippen molar-refractivity contribution in [3.8, 4) is 11.3 Å². The monoisotopic (exact) mass is 473 g/mol. The van der Waals surface area contributed by atoms with Crippen molar-refractivity contribution in [3.63, 3.8) is 0 Å². The molecule has 0 spiro atoms. The van der Waals surface area contributed by atoms with Crippen LogP contribution in [0.2, 0.25) is 0 Å². The van der Waals surface area contributed by atoms with Crippen LogP contribution < -0.4 is 4.90 Å². The second-order valence-corrected chi connectivity index (χ2v) is 10.3. The number of carboxylic acids is 1. The van der Waals surface area contributed by atoms with Crippen LogP contribution in [0.25, 0.3) is 11.3 Å². The third kappa shape index (κ3) is 4.12. The molecule has 3 aliphatic rings. The molecule has 7 heteroatoms. The number of carboxylic acid groups (broad SMARTS) is 1. The fourth-order valence-electron chi connectivity index (χ4n) is 6.02. The first-order valence-electron chi connectivity index (χ1n) is 12.6. The van der Waals surface area contributed by atoms with Gasteiger partial charge in [-0.25, -0.2) is 9.78 Å². The molecule has 0 radical (unpaired) electrons. The number of fused-ring (bicyclic) bond motifs is 2. The number of aromatic nitrogens is 2. The molecule has 1 aromatic carbocycles. The average Bonchev–Trinajstić information content (AvgIpc) is 3.55. The van der Waals surface area contributed by atoms with Crippen molar-refractivity contribution < 1.29 is 19.2 Å². The van der Waals surface area contributed by atoms with E-state index in [2.05, 4.69) is 47.1 Å². The minimum absolute atomic E-state index is 0.176. The van der Waals surface area contributed by atoms with Crippen molar-refractivity contribution >= 4 is 11.8 Å². The van der Waals surface area contributed by atoms with Crippen LogP contribution >= 0.6 is 0 Å². The Kier molecular flexibility index (Phi) is 5.60. The molecule has 2 bridgehead atoms. The van der Waals surface area contributed by atoms with E-state index in [-0.39, 0.29) is 11.7 Å². The van der Waals surface area contributed by atoms with Crippen molar-refractivity contribution in [1.82, 2.24) is 10.1 Å². The van der Waals surface area contributed by atoms with Crippen molar-refractivity contribution in [2.45, 2.75) is 83.1 Å². The molecular weight excluding hydrogens is 442 g/mol. The van der Waals surface area contributed by atoms with E-state index in [1.165, 1.54) is 17.3 Å². The lowest BCUT2D eigenvalue weighted by molar-refractivity contribution is 0.0146. The molecule has 3 fully saturated rings. The molecule has 2 saturated heterocycles. The van der Waals surface area contributed by atoms with Crippen LogP contribution in [-0.4, -0.2) is 39.4 Å². The number of ether oxygens (including phenoxy) is 1. The van der Waals surface area contributed by atoms with Gasteiger partial charge in [-0.15, -0.1) is 0 Å². The number of aryl methyl sites for hydroxylation is 2. The standard InChI is InChI=1S/C28H31N3O4/c1-16-4-3-5-17(2)25(16)26-23(27(35-30-26)18-6-7-18)15-34-22-12-20-9-10-21(13-22)31(20)24-11-8-19(14-29-24)28(32)33/h3-5,8,11,14,18,20-22H,6-7,9-10,12-13,15H2,1-2H3,(H,32,33)/t20-,21?,22?/m0/s1. The van der Waals surface area contributed by atoms with Gasteiger partial charge in [-0.2, -0.15) is 0 Å². The summed E-state index contributed by atoms with van der Waals surface area (Å²) in [6, 6.07) is 10.6. The topological polar surface area (TPSA) is 88.7 Å². The lowest BCUT2D eigenvalue weighted by Gasteiger charge is -2.39. The maximum absolute atomic E-state index is 11.2. The number of hydrogen-bond acceptors (Lipinski definition) is 6. The summed E-state index contributed by atoms with van der Waals surface area (Å²) in [5.74, 6) is 1.40. The van der Waals surface area contributed by atoms with Gasteiger partial charge in [0.05, 0.1) is 18.3 Å². The lowest BCUT2D eigenvalue weighted by Crippen LogP contribution is -2.46. The van der Waals surface area contributed by atoms with E-state index in [1.54, 1.807) is 6.07 Å². The van der Waals surface area contributed by atoms with Gasteiger partial charge in [0.25, 0.3) is 0 Å². The van der Waals surface area contributed by atoms with Crippen LogP contribution in [0, 0.1) is 13.8 Å². The van der Waals surface area contributed by atoms with Gasteiger partial charge in [-0.1, -0.05) is 23.4 Å². The summed E-state index contributed by atoms with van der Waals surface area (Å²) in [5.41, 5.74) is 5.84. The van der Waals surface area contributed by atoms with E-state index in [4.69, 9.17) is 9.26 Å². The average molecular weight is 474 g/mol. The molecule has 2 unspecified atom stereocenters. The number of aromatic carboxylic acids is 1. The smallest absolute Gasteiger partial charge is 0.337 e. The van der Waals surface area contributed by atoms with E-state index in [1.807, 2.05) is 6.07 Å². The highest BCUT2D eigenvalue weighted by molar-refractivity contribution is 5.87. The number of rotatable bonds is 7. The quantitative estimate of drug-likeness (QED) is 0.475. The molecule has 2 aromatic heterocycles. The van der Waals surface area contributed by atoms with Crippen LogP contribution in [0.15, 0.2) is 41.1 Å². The van der Waals surface area contributed by atoms with Crippen molar-refractivity contribution in [3.05, 3.63) is 64.5 Å². The first-order valence-corrected chi connectivity index (χ1v) is 12.6. The summed E-state index contributed by atoms with van der Waals surface area (Å²) in [5, 5.41) is 13.7. The maximum Gasteiger partial charge on any atom is 0.337 e. The van der Waals surface area contributed by atoms with E-state index in [0.717, 1.165) is 66.9 Å². The fourth-order valence-corrected chi connectivity index (χ4v) is 6.02. The number of pyridine rings is 1. The highest BCUT2D eigenvalue weighted by atomic mass is 16.5. The molecule has 1 saturated carbocycles. The zero-order valence-corrected chi connectivity index (χ0v) is 20.2. The minimum atomic E-state index is -0.946. The van der Waals surface area contributed by atoms with Gasteiger partial charge >= 0.3 is 5.97 Å². The molecule has 1 aliphatic carbocycles. The lowest BCUT2D eigenvalue weighted by atomic mass is 9.96. The SMILES string of the molecule is Cc1cccc(C)c1-c1noc(C2CC2)c1COC1CC2CC[C@@H](C1)N2c1ccc(C(=O)O)cn1. The summed E-state index contributed by atoms with van der Waals surface area (Å²) in [6.45, 7) is 4.78. The summed E-state index contributed by atoms with van der Waals surface area (Å²) in [6.07, 6.45) is 8.07. The Morgan fingerprint density at radius 2 is 1.80 bits per heavy atom. The number of nitrogens with zero attached hydrogens (tertiary/aromatic N) is 3. The highest BCUT2D eigenvalue weighted by Crippen LogP contribution is 2.46. The zero-order chi connectivity index (χ0) is 24.1. The van der Waals surface area contributed by atoms with Crippen LogP contribution in [-0.2, 0) is 11.3 Å². The summed E-state index contributed by atoms with van der Waals surface area (Å²) in [7, 11) is 0. The fraction of sp³-hybridized carbons (Fsp3) is 0.464. The van der Waals surface area contributed by atoms with E-state index in [0.29, 0.717) is 24.6 Å². The molecule has 0 amide bonds. The van der Waals surface area contributed by atoms with Gasteiger partial charge in [0.2, 0.25) is 0 Å². The molecule has 1 N–H and O–H groups in total. The molecule has 6 rings (SSSR count). The Bertz CT molecular complexity index is 1210. The van der Waals surface area contributed by atoms with Gasteiger partial charge in [0, 0.05) is 35.3 Å². The van der Waals surface area contributed by atoms with Crippen LogP contribution in [0.1, 0.15) is 77.3 Å². The number of hydrogen-bond donors (Lipinski definition) is 1. The van der Waals surface area contributed by atoms with Gasteiger partial charge < -0.3 is 19.3 Å². The number of benzene rings is 1. The maximum atomic E-state index is 11.2. The second kappa shape index (κ2) is 8.79. The predicted molar refractivity (Wildman–Crippen MR) is 132 cm³/mol. The Morgan fingerprint density at radius 1 is 1.09 bits per heavy atom. The van der Waals surface area contributed by atoms with Gasteiger partial charge in [-0.3, -0.25) is 0 Å². The third-order valence-corrected chi connectivity index (χ3v) is 7.90. The van der Waals surface area contributed by atoms with Crippen LogP contribution in [0.3, 0.4) is 0 Å². The molecule has 182 valence electrons. The van der Waals surface area contributed by atoms with E-state index >= 15 is 0 Å². The highest BCUT2D eigenvalue weighted by Gasteiger charge is 2.42. The molecule has 4 heterocycles. The minimum Gasteiger partial charge on any atom is -0.478 e. The van der Waals surface area contributed by atoms with Crippen LogP contribution in [0.5, 0.6) is 0 Å². The summed E-state index contributed by atoms with van der Waals surface area (Å²) < 4.78 is 12.5. The molecule has 35 heavy (non-hydrogen) atoms. The van der Waals surface area contributed by atoms with Gasteiger partial charge in [0.1, 0.15) is 17.3 Å². The van der Waals surface area contributed by atoms with Crippen molar-refractivity contribution in [2.75, 3.05) is 4.90 Å². The molecular formula is C28H31N3O4. The Balaban J connectivity index is 1.19. The molecule has 7 nitrogen and oxygen atoms in total. The number of anilines is 1. The second-order valence-electron chi connectivity index (χ2n) is 10.3. The third-order valence-electron chi connectivity index (χ3n) is 7.90. The van der Waals surface area contributed by atoms with Gasteiger partial charge in [0.15, 0.2) is 0 Å². The summed E-state index contributed by atoms with van der Waals surface area (Å²) >= 11 is 0. The van der Waals surface area contributed by atoms with Crippen molar-refractivity contribution in [1.29, 1.82) is 0 Å². The Labute approximate surface area is 205 Å². The molecule has 3 atom stereocenters. The van der Waals surface area contributed by atoms with Crippen LogP contribution in [0.4, 0.5) is 5.82 Å². The number of piperidine rings is 1. The Morgan fingerprint density at radius 3 is 2.40 bits per heavy atom. The zero-order valence-electron chi connectivity index (χ0n) is 20.2. The largest absolute Gasteiger partial charge is 0.478 e. The summed E-state index contributed by atoms with van der Waals surface area (Å²) in [4.78, 5) is 18.0. The molecule has 2 aliphatic heterocycles. The van der Waals surface area contributed by atoms with E-state index < -0.39 is 5.97 Å². The van der Waals surface area contributed by atoms with E-state index in [9.17, 15) is 9.90 Å². The first-order chi connectivity index (χ1) is 17.0. The van der Waals surface area contributed by atoms with Gasteiger partial charge in [-0.05, 0) is 75.6 Å².